The summed E-state index contributed by atoms with van der Waals surface area (Å²) in [5.74, 6) is -0.185. The van der Waals surface area contributed by atoms with Gasteiger partial charge in [-0.3, -0.25) is 4.79 Å². The Morgan fingerprint density at radius 3 is 2.86 bits per heavy atom. The second-order valence-electron chi connectivity index (χ2n) is 5.22. The molecule has 0 aliphatic rings. The first-order chi connectivity index (χ1) is 10.0. The minimum atomic E-state index is -0.185. The van der Waals surface area contributed by atoms with Crippen LogP contribution in [0.1, 0.15) is 35.0 Å². The summed E-state index contributed by atoms with van der Waals surface area (Å²) in [6.07, 6.45) is 3.59. The number of aromatic nitrogens is 2. The molecule has 0 radical (unpaired) electrons. The molecule has 1 aromatic heterocycles. The monoisotopic (exact) mass is 286 g/mol. The van der Waals surface area contributed by atoms with Gasteiger partial charge < -0.3 is 11.1 Å². The molecule has 2 rings (SSSR count). The summed E-state index contributed by atoms with van der Waals surface area (Å²) < 4.78 is 1.74. The molecule has 112 valence electrons. The van der Waals surface area contributed by atoms with Gasteiger partial charge in [-0.1, -0.05) is 19.1 Å². The first-order valence-corrected chi connectivity index (χ1v) is 7.18. The van der Waals surface area contributed by atoms with Gasteiger partial charge in [-0.25, -0.2) is 4.68 Å². The van der Waals surface area contributed by atoms with Crippen LogP contribution in [0.4, 0.5) is 0 Å². The maximum absolute atomic E-state index is 11.6. The average Bonchev–Trinajstić information content (AvgIpc) is 2.97. The van der Waals surface area contributed by atoms with Crippen LogP contribution in [0.3, 0.4) is 0 Å². The maximum Gasteiger partial charge on any atom is 0.271 e. The highest BCUT2D eigenvalue weighted by atomic mass is 16.1. The third kappa shape index (κ3) is 3.49. The molecular weight excluding hydrogens is 264 g/mol. The molecule has 1 amide bonds. The van der Waals surface area contributed by atoms with Crippen molar-refractivity contribution in [1.82, 2.24) is 15.1 Å². The van der Waals surface area contributed by atoms with Crippen molar-refractivity contribution in [3.63, 3.8) is 0 Å². The standard InChI is InChI=1S/C16H22N4O/c1-4-13(17)9-12-6-5-11(2)15(10-12)20-8-7-14(19-20)16(21)18-3/h5-8,10,13H,4,9,17H2,1-3H3,(H,18,21). The van der Waals surface area contributed by atoms with Gasteiger partial charge in [0.1, 0.15) is 0 Å². The van der Waals surface area contributed by atoms with Crippen molar-refractivity contribution in [1.29, 1.82) is 0 Å². The molecule has 1 aromatic carbocycles. The van der Waals surface area contributed by atoms with Crippen LogP contribution in [0, 0.1) is 6.92 Å². The number of hydrogen-bond acceptors (Lipinski definition) is 3. The smallest absolute Gasteiger partial charge is 0.271 e. The number of amides is 1. The Kier molecular flexibility index (Phi) is 4.75. The highest BCUT2D eigenvalue weighted by Gasteiger charge is 2.10. The van der Waals surface area contributed by atoms with E-state index in [0.717, 1.165) is 24.1 Å². The van der Waals surface area contributed by atoms with Gasteiger partial charge >= 0.3 is 0 Å². The fourth-order valence-corrected chi connectivity index (χ4v) is 2.18. The van der Waals surface area contributed by atoms with Crippen molar-refractivity contribution in [2.75, 3.05) is 7.05 Å². The fraction of sp³-hybridized carbons (Fsp3) is 0.375. The number of benzene rings is 1. The molecule has 0 aliphatic carbocycles. The molecule has 0 saturated carbocycles. The molecule has 1 atom stereocenters. The highest BCUT2D eigenvalue weighted by molar-refractivity contribution is 5.91. The molecule has 21 heavy (non-hydrogen) atoms. The summed E-state index contributed by atoms with van der Waals surface area (Å²) in [5.41, 5.74) is 9.70. The first-order valence-electron chi connectivity index (χ1n) is 7.18. The van der Waals surface area contributed by atoms with Crippen molar-refractivity contribution in [2.24, 2.45) is 5.73 Å². The van der Waals surface area contributed by atoms with E-state index in [1.807, 2.05) is 6.92 Å². The highest BCUT2D eigenvalue weighted by Crippen LogP contribution is 2.17. The van der Waals surface area contributed by atoms with Gasteiger partial charge in [-0.2, -0.15) is 5.10 Å². The zero-order chi connectivity index (χ0) is 15.4. The van der Waals surface area contributed by atoms with E-state index < -0.39 is 0 Å². The van der Waals surface area contributed by atoms with Crippen molar-refractivity contribution in [3.8, 4) is 5.69 Å². The lowest BCUT2D eigenvalue weighted by Gasteiger charge is -2.12. The normalized spacial score (nSPS) is 12.2. The van der Waals surface area contributed by atoms with Gasteiger partial charge in [-0.05, 0) is 43.0 Å². The second kappa shape index (κ2) is 6.54. The molecule has 5 nitrogen and oxygen atoms in total. The van der Waals surface area contributed by atoms with Gasteiger partial charge in [0.15, 0.2) is 5.69 Å². The quantitative estimate of drug-likeness (QED) is 0.880. The number of hydrogen-bond donors (Lipinski definition) is 2. The zero-order valence-electron chi connectivity index (χ0n) is 12.8. The Morgan fingerprint density at radius 1 is 1.43 bits per heavy atom. The molecule has 2 aromatic rings. The number of aryl methyl sites for hydroxylation is 1. The number of nitrogens with one attached hydrogen (secondary N) is 1. The Hall–Kier alpha value is -2.14. The summed E-state index contributed by atoms with van der Waals surface area (Å²) in [6.45, 7) is 4.11. The Balaban J connectivity index is 2.32. The van der Waals surface area contributed by atoms with Gasteiger partial charge in [-0.15, -0.1) is 0 Å². The van der Waals surface area contributed by atoms with E-state index in [4.69, 9.17) is 5.73 Å². The molecule has 0 spiro atoms. The Bertz CT molecular complexity index is 633. The molecule has 0 aliphatic heterocycles. The van der Waals surface area contributed by atoms with Gasteiger partial charge in [0.05, 0.1) is 5.69 Å². The van der Waals surface area contributed by atoms with E-state index >= 15 is 0 Å². The van der Waals surface area contributed by atoms with E-state index in [1.165, 1.54) is 5.56 Å². The van der Waals surface area contributed by atoms with Crippen molar-refractivity contribution >= 4 is 5.91 Å². The summed E-state index contributed by atoms with van der Waals surface area (Å²) >= 11 is 0. The lowest BCUT2D eigenvalue weighted by atomic mass is 10.0. The SMILES string of the molecule is CCC(N)Cc1ccc(C)c(-n2ccc(C(=O)NC)n2)c1. The Morgan fingerprint density at radius 2 is 2.19 bits per heavy atom. The molecular formula is C16H22N4O. The molecule has 0 saturated heterocycles. The average molecular weight is 286 g/mol. The molecule has 5 heteroatoms. The zero-order valence-corrected chi connectivity index (χ0v) is 12.8. The fourth-order valence-electron chi connectivity index (χ4n) is 2.18. The number of rotatable bonds is 5. The first kappa shape index (κ1) is 15.3. The van der Waals surface area contributed by atoms with E-state index in [2.05, 4.69) is 35.5 Å². The molecule has 1 unspecified atom stereocenters. The van der Waals surface area contributed by atoms with Gasteiger partial charge in [0.25, 0.3) is 5.91 Å². The van der Waals surface area contributed by atoms with E-state index in [0.29, 0.717) is 5.69 Å². The van der Waals surface area contributed by atoms with Crippen LogP contribution in [-0.2, 0) is 6.42 Å². The lowest BCUT2D eigenvalue weighted by molar-refractivity contribution is 0.0957. The number of carbonyl (C=O) groups is 1. The topological polar surface area (TPSA) is 72.9 Å². The second-order valence-corrected chi connectivity index (χ2v) is 5.22. The van der Waals surface area contributed by atoms with Crippen LogP contribution in [0.25, 0.3) is 5.69 Å². The van der Waals surface area contributed by atoms with Crippen molar-refractivity contribution < 1.29 is 4.79 Å². The number of carbonyl (C=O) groups excluding carboxylic acids is 1. The number of nitrogens with zero attached hydrogens (tertiary/aromatic N) is 2. The minimum absolute atomic E-state index is 0.166. The third-order valence-corrected chi connectivity index (χ3v) is 3.59. The van der Waals surface area contributed by atoms with E-state index in [9.17, 15) is 4.79 Å². The minimum Gasteiger partial charge on any atom is -0.354 e. The summed E-state index contributed by atoms with van der Waals surface area (Å²) in [5, 5.41) is 6.90. The Labute approximate surface area is 125 Å². The summed E-state index contributed by atoms with van der Waals surface area (Å²) in [7, 11) is 1.60. The number of nitrogens with two attached hydrogens (primary N) is 1. The summed E-state index contributed by atoms with van der Waals surface area (Å²) in [4.78, 5) is 11.6. The molecule has 3 N–H and O–H groups in total. The van der Waals surface area contributed by atoms with Crippen molar-refractivity contribution in [2.45, 2.75) is 32.7 Å². The van der Waals surface area contributed by atoms with E-state index in [-0.39, 0.29) is 11.9 Å². The van der Waals surface area contributed by atoms with Crippen molar-refractivity contribution in [3.05, 3.63) is 47.3 Å². The third-order valence-electron chi connectivity index (χ3n) is 3.59. The van der Waals surface area contributed by atoms with Crippen LogP contribution >= 0.6 is 0 Å². The van der Waals surface area contributed by atoms with Crippen LogP contribution < -0.4 is 11.1 Å². The predicted molar refractivity (Wildman–Crippen MR) is 83.7 cm³/mol. The maximum atomic E-state index is 11.6. The molecule has 0 bridgehead atoms. The van der Waals surface area contributed by atoms with Gasteiger partial charge in [0.2, 0.25) is 0 Å². The van der Waals surface area contributed by atoms with Crippen LogP contribution in [0.15, 0.2) is 30.5 Å². The van der Waals surface area contributed by atoms with Crippen LogP contribution in [0.5, 0.6) is 0 Å². The van der Waals surface area contributed by atoms with Crippen LogP contribution in [0.2, 0.25) is 0 Å². The molecule has 1 heterocycles. The largest absolute Gasteiger partial charge is 0.354 e. The van der Waals surface area contributed by atoms with E-state index in [1.54, 1.807) is 24.0 Å². The molecule has 0 fully saturated rings. The van der Waals surface area contributed by atoms with Crippen LogP contribution in [-0.4, -0.2) is 28.8 Å². The lowest BCUT2D eigenvalue weighted by Crippen LogP contribution is -2.21. The predicted octanol–water partition coefficient (Wildman–Crippen LogP) is 1.82. The summed E-state index contributed by atoms with van der Waals surface area (Å²) in [6, 6.07) is 8.12. The van der Waals surface area contributed by atoms with Gasteiger partial charge in [0, 0.05) is 19.3 Å².